The van der Waals surface area contributed by atoms with Gasteiger partial charge in [0.25, 0.3) is 0 Å². The summed E-state index contributed by atoms with van der Waals surface area (Å²) in [5.74, 6) is 0. The predicted octanol–water partition coefficient (Wildman–Crippen LogP) is 9.85. The molecule has 0 nitrogen and oxygen atoms in total. The average Bonchev–Trinajstić information content (AvgIpc) is 3.18. The summed E-state index contributed by atoms with van der Waals surface area (Å²) in [4.78, 5) is 0. The second-order valence-electron chi connectivity index (χ2n) is 8.06. The number of hydrogen-bond donors (Lipinski definition) is 0. The Bertz CT molecular complexity index is 836. The Morgan fingerprint density at radius 2 is 1.40 bits per heavy atom. The van der Waals surface area contributed by atoms with Crippen molar-refractivity contribution in [2.45, 2.75) is 78.1 Å². The molecule has 0 aromatic heterocycles. The molecule has 0 fully saturated rings. The summed E-state index contributed by atoms with van der Waals surface area (Å²) in [5, 5.41) is 2.81. The van der Waals surface area contributed by atoms with Gasteiger partial charge in [0, 0.05) is 0 Å². The number of benzene rings is 2. The minimum atomic E-state index is -0.826. The Labute approximate surface area is 202 Å². The van der Waals surface area contributed by atoms with Gasteiger partial charge in [-0.05, 0) is 30.4 Å². The maximum atomic E-state index is 4.93. The van der Waals surface area contributed by atoms with Crippen LogP contribution in [0.25, 0.3) is 21.9 Å². The summed E-state index contributed by atoms with van der Waals surface area (Å²) in [7, 11) is 9.87. The van der Waals surface area contributed by atoms with Crippen LogP contribution < -0.4 is 0 Å². The number of rotatable bonds is 11. The summed E-state index contributed by atoms with van der Waals surface area (Å²) in [6.45, 7) is 4.55. The Balaban J connectivity index is 0.00000101. The van der Waals surface area contributed by atoms with Crippen molar-refractivity contribution in [2.24, 2.45) is 0 Å². The average molecular weight is 522 g/mol. The molecule has 0 spiro atoms. The first-order valence-corrected chi connectivity index (χ1v) is 17.8. The first kappa shape index (κ1) is 25.8. The van der Waals surface area contributed by atoms with Crippen molar-refractivity contribution in [1.82, 2.24) is 0 Å². The van der Waals surface area contributed by atoms with Crippen molar-refractivity contribution < 1.29 is 20.8 Å². The standard InChI is InChI=1S/C27H35.2ClH.Zr/c1-3-5-7-9-12-22-16-18-24(19-17-22)26-15-11-14-25-20-23(21-27(25)26)13-10-8-6-4-2;;;/h11,14-21H,3-10,12-13H2,1-2H3;2*1H;/q-1;;;+2/p-2. The topological polar surface area (TPSA) is 0 Å². The Hall–Kier alpha value is -0.487. The van der Waals surface area contributed by atoms with Crippen LogP contribution >= 0.6 is 17.0 Å². The minimum absolute atomic E-state index is 0.826. The van der Waals surface area contributed by atoms with Gasteiger partial charge < -0.3 is 0 Å². The monoisotopic (exact) mass is 519 g/mol. The van der Waals surface area contributed by atoms with Gasteiger partial charge in [0.2, 0.25) is 0 Å². The zero-order valence-electron chi connectivity index (χ0n) is 18.5. The van der Waals surface area contributed by atoms with E-state index >= 15 is 0 Å². The molecule has 0 aliphatic rings. The molecule has 0 aliphatic carbocycles. The van der Waals surface area contributed by atoms with Gasteiger partial charge in [0.15, 0.2) is 0 Å². The fourth-order valence-corrected chi connectivity index (χ4v) is 4.06. The molecule has 3 aromatic rings. The van der Waals surface area contributed by atoms with Crippen molar-refractivity contribution >= 4 is 27.8 Å². The van der Waals surface area contributed by atoms with Gasteiger partial charge in [-0.1, -0.05) is 94.7 Å². The maximum absolute atomic E-state index is 4.93. The predicted molar refractivity (Wildman–Crippen MR) is 132 cm³/mol. The molecule has 0 N–H and O–H groups in total. The van der Waals surface area contributed by atoms with E-state index in [-0.39, 0.29) is 0 Å². The van der Waals surface area contributed by atoms with Crippen molar-refractivity contribution in [3.63, 3.8) is 0 Å². The molecule has 0 bridgehead atoms. The molecule has 0 amide bonds. The van der Waals surface area contributed by atoms with Gasteiger partial charge in [0.05, 0.1) is 0 Å². The van der Waals surface area contributed by atoms with Crippen LogP contribution in [0.5, 0.6) is 0 Å². The molecule has 0 radical (unpaired) electrons. The van der Waals surface area contributed by atoms with Crippen LogP contribution in [0.3, 0.4) is 0 Å². The van der Waals surface area contributed by atoms with E-state index in [1.165, 1.54) is 97.2 Å². The van der Waals surface area contributed by atoms with Gasteiger partial charge >= 0.3 is 37.9 Å². The molecule has 0 atom stereocenters. The normalized spacial score (nSPS) is 10.7. The van der Waals surface area contributed by atoms with E-state index in [9.17, 15) is 0 Å². The van der Waals surface area contributed by atoms with Crippen molar-refractivity contribution in [2.75, 3.05) is 0 Å². The summed E-state index contributed by atoms with van der Waals surface area (Å²) in [6, 6.07) is 20.9. The number of unbranched alkanes of at least 4 members (excludes halogenated alkanes) is 6. The zero-order chi connectivity index (χ0) is 21.6. The van der Waals surface area contributed by atoms with Crippen LogP contribution in [0, 0.1) is 0 Å². The molecule has 162 valence electrons. The fourth-order valence-electron chi connectivity index (χ4n) is 4.06. The first-order valence-electron chi connectivity index (χ1n) is 11.5. The van der Waals surface area contributed by atoms with E-state index in [2.05, 4.69) is 68.4 Å². The second kappa shape index (κ2) is 15.3. The van der Waals surface area contributed by atoms with Gasteiger partial charge in [-0.3, -0.25) is 0 Å². The van der Waals surface area contributed by atoms with Crippen LogP contribution in [0.1, 0.15) is 76.3 Å². The van der Waals surface area contributed by atoms with Gasteiger partial charge in [-0.15, -0.1) is 34.5 Å². The summed E-state index contributed by atoms with van der Waals surface area (Å²) in [6.07, 6.45) is 13.1. The van der Waals surface area contributed by atoms with Crippen molar-refractivity contribution in [1.29, 1.82) is 0 Å². The molecule has 3 aromatic carbocycles. The Morgan fingerprint density at radius 1 is 0.767 bits per heavy atom. The summed E-state index contributed by atoms with van der Waals surface area (Å²) in [5.41, 5.74) is 5.70. The second-order valence-corrected chi connectivity index (χ2v) is 11.8. The van der Waals surface area contributed by atoms with Crippen LogP contribution in [-0.4, -0.2) is 0 Å². The van der Waals surface area contributed by atoms with Crippen LogP contribution in [0.2, 0.25) is 0 Å². The quantitative estimate of drug-likeness (QED) is 0.174. The molecular formula is C27H35Cl2Zr-. The Morgan fingerprint density at radius 3 is 2.03 bits per heavy atom. The third kappa shape index (κ3) is 8.57. The molecule has 0 saturated carbocycles. The molecule has 3 rings (SSSR count). The van der Waals surface area contributed by atoms with Gasteiger partial charge in [0.1, 0.15) is 0 Å². The fraction of sp³-hybridized carbons (Fsp3) is 0.444. The van der Waals surface area contributed by atoms with Crippen LogP contribution in [-0.2, 0) is 33.7 Å². The first-order chi connectivity index (χ1) is 14.7. The molecule has 3 heteroatoms. The van der Waals surface area contributed by atoms with E-state index in [0.29, 0.717) is 0 Å². The molecular weight excluding hydrogens is 486 g/mol. The van der Waals surface area contributed by atoms with E-state index < -0.39 is 20.8 Å². The third-order valence-corrected chi connectivity index (χ3v) is 5.71. The summed E-state index contributed by atoms with van der Waals surface area (Å²) < 4.78 is 0. The third-order valence-electron chi connectivity index (χ3n) is 5.71. The van der Waals surface area contributed by atoms with Crippen LogP contribution in [0.15, 0.2) is 54.6 Å². The molecule has 0 saturated heterocycles. The van der Waals surface area contributed by atoms with E-state index in [0.717, 1.165) is 0 Å². The van der Waals surface area contributed by atoms with Crippen molar-refractivity contribution in [3.05, 3.63) is 65.7 Å². The number of aryl methyl sites for hydroxylation is 2. The molecule has 0 heterocycles. The Kier molecular flexibility index (Phi) is 13.2. The van der Waals surface area contributed by atoms with Gasteiger partial charge in [-0.25, -0.2) is 0 Å². The van der Waals surface area contributed by atoms with Crippen LogP contribution in [0.4, 0.5) is 0 Å². The number of fused-ring (bicyclic) bond motifs is 1. The van der Waals surface area contributed by atoms with E-state index in [1.807, 2.05) is 0 Å². The molecule has 0 aliphatic heterocycles. The number of hydrogen-bond acceptors (Lipinski definition) is 0. The summed E-state index contributed by atoms with van der Waals surface area (Å²) >= 11 is -0.826. The van der Waals surface area contributed by atoms with Gasteiger partial charge in [-0.2, -0.15) is 6.07 Å². The van der Waals surface area contributed by atoms with E-state index in [1.54, 1.807) is 0 Å². The SMILES string of the molecule is CCCCCCc1ccc(-c2cccc3[cH-]c(CCCCCC)cc23)cc1.[Cl][Zr][Cl]. The van der Waals surface area contributed by atoms with E-state index in [4.69, 9.17) is 17.0 Å². The molecule has 0 unspecified atom stereocenters. The zero-order valence-corrected chi connectivity index (χ0v) is 22.5. The van der Waals surface area contributed by atoms with Crippen molar-refractivity contribution in [3.8, 4) is 11.1 Å². The molecule has 30 heavy (non-hydrogen) atoms. The number of halogens is 2.